The molecule has 2 aromatic rings. The quantitative estimate of drug-likeness (QED) is 0.900. The van der Waals surface area contributed by atoms with Crippen LogP contribution in [0.1, 0.15) is 20.2 Å². The number of carboxylic acid groups (broad SMARTS) is 1. The van der Waals surface area contributed by atoms with Crippen molar-refractivity contribution in [3.05, 3.63) is 39.3 Å². The third-order valence-corrected chi connectivity index (χ3v) is 3.02. The summed E-state index contributed by atoms with van der Waals surface area (Å²) < 4.78 is 0.145. The van der Waals surface area contributed by atoms with Crippen molar-refractivity contribution in [1.29, 1.82) is 0 Å². The van der Waals surface area contributed by atoms with Crippen molar-refractivity contribution in [1.82, 2.24) is 10.2 Å². The van der Waals surface area contributed by atoms with Gasteiger partial charge in [0.2, 0.25) is 9.47 Å². The van der Waals surface area contributed by atoms with Crippen LogP contribution in [-0.4, -0.2) is 27.2 Å². The first-order valence-electron chi connectivity index (χ1n) is 4.70. The smallest absolute Gasteiger partial charge is 0.337 e. The van der Waals surface area contributed by atoms with E-state index in [1.54, 1.807) is 12.1 Å². The summed E-state index contributed by atoms with van der Waals surface area (Å²) in [6.45, 7) is 0. The van der Waals surface area contributed by atoms with Crippen LogP contribution in [0.2, 0.25) is 4.47 Å². The second kappa shape index (κ2) is 5.11. The zero-order chi connectivity index (χ0) is 13.1. The van der Waals surface area contributed by atoms with Crippen molar-refractivity contribution >= 4 is 40.5 Å². The molecule has 0 saturated carbocycles. The minimum absolute atomic E-state index is 0.00135. The van der Waals surface area contributed by atoms with Crippen LogP contribution in [0.3, 0.4) is 0 Å². The number of nitrogens with one attached hydrogen (secondary N) is 1. The Morgan fingerprint density at radius 3 is 2.61 bits per heavy atom. The fourth-order valence-corrected chi connectivity index (χ4v) is 1.98. The molecule has 92 valence electrons. The second-order valence-electron chi connectivity index (χ2n) is 3.17. The van der Waals surface area contributed by atoms with Crippen molar-refractivity contribution in [3.63, 3.8) is 0 Å². The Morgan fingerprint density at radius 2 is 2.00 bits per heavy atom. The van der Waals surface area contributed by atoms with Crippen molar-refractivity contribution in [2.24, 2.45) is 0 Å². The molecule has 0 saturated heterocycles. The molecule has 0 aliphatic carbocycles. The van der Waals surface area contributed by atoms with Crippen LogP contribution in [0.5, 0.6) is 0 Å². The number of aromatic nitrogens is 2. The number of carbonyl (C=O) groups is 2. The summed E-state index contributed by atoms with van der Waals surface area (Å²) in [5, 5.41) is 18.5. The van der Waals surface area contributed by atoms with Gasteiger partial charge in [0, 0.05) is 0 Å². The molecule has 1 aromatic heterocycles. The van der Waals surface area contributed by atoms with Gasteiger partial charge in [0.05, 0.1) is 11.3 Å². The van der Waals surface area contributed by atoms with Crippen LogP contribution >= 0.6 is 22.9 Å². The molecule has 0 radical (unpaired) electrons. The Kier molecular flexibility index (Phi) is 3.54. The topological polar surface area (TPSA) is 92.2 Å². The van der Waals surface area contributed by atoms with Crippen molar-refractivity contribution < 1.29 is 14.7 Å². The number of hydrogen-bond acceptors (Lipinski definition) is 5. The fourth-order valence-electron chi connectivity index (χ4n) is 1.25. The molecule has 6 nitrogen and oxygen atoms in total. The number of rotatable bonds is 3. The third kappa shape index (κ3) is 2.63. The number of carbonyl (C=O) groups excluding carboxylic acids is 1. The Morgan fingerprint density at radius 1 is 1.28 bits per heavy atom. The molecule has 1 heterocycles. The van der Waals surface area contributed by atoms with Gasteiger partial charge in [-0.05, 0) is 23.7 Å². The number of carboxylic acids is 1. The largest absolute Gasteiger partial charge is 0.478 e. The summed E-state index contributed by atoms with van der Waals surface area (Å²) >= 11 is 6.47. The standard InChI is InChI=1S/C10H6ClN3O3S/c11-10-14-13-8(18-10)7(15)12-6-4-2-1-3-5(6)9(16)17/h1-4H,(H,12,15)(H,16,17). The van der Waals surface area contributed by atoms with Crippen molar-refractivity contribution in [2.75, 3.05) is 5.32 Å². The van der Waals surface area contributed by atoms with E-state index in [-0.39, 0.29) is 20.7 Å². The maximum Gasteiger partial charge on any atom is 0.337 e. The summed E-state index contributed by atoms with van der Waals surface area (Å²) in [5.74, 6) is -1.67. The normalized spacial score (nSPS) is 10.1. The molecule has 0 unspecified atom stereocenters. The van der Waals surface area contributed by atoms with Crippen molar-refractivity contribution in [3.8, 4) is 0 Å². The van der Waals surface area contributed by atoms with E-state index in [1.165, 1.54) is 12.1 Å². The highest BCUT2D eigenvalue weighted by atomic mass is 35.5. The summed E-state index contributed by atoms with van der Waals surface area (Å²) in [6, 6.07) is 6.07. The van der Waals surface area contributed by atoms with E-state index in [0.29, 0.717) is 0 Å². The van der Waals surface area contributed by atoms with Gasteiger partial charge in [-0.1, -0.05) is 23.5 Å². The molecule has 0 spiro atoms. The average Bonchev–Trinajstić information content (AvgIpc) is 2.76. The summed E-state index contributed by atoms with van der Waals surface area (Å²) in [6.07, 6.45) is 0. The zero-order valence-electron chi connectivity index (χ0n) is 8.75. The van der Waals surface area contributed by atoms with Gasteiger partial charge < -0.3 is 10.4 Å². The molecule has 18 heavy (non-hydrogen) atoms. The summed E-state index contributed by atoms with van der Waals surface area (Å²) in [5.41, 5.74) is 0.197. The highest BCUT2D eigenvalue weighted by Crippen LogP contribution is 2.19. The maximum atomic E-state index is 11.7. The molecule has 1 aromatic carbocycles. The van der Waals surface area contributed by atoms with Gasteiger partial charge in [-0.15, -0.1) is 10.2 Å². The summed E-state index contributed by atoms with van der Waals surface area (Å²) in [7, 11) is 0. The first kappa shape index (κ1) is 12.5. The third-order valence-electron chi connectivity index (χ3n) is 2.00. The van der Waals surface area contributed by atoms with Crippen LogP contribution in [0.4, 0.5) is 5.69 Å². The van der Waals surface area contributed by atoms with Gasteiger partial charge in [-0.2, -0.15) is 0 Å². The lowest BCUT2D eigenvalue weighted by molar-refractivity contribution is 0.0698. The van der Waals surface area contributed by atoms with Crippen LogP contribution in [-0.2, 0) is 0 Å². The van der Waals surface area contributed by atoms with E-state index in [9.17, 15) is 9.59 Å². The SMILES string of the molecule is O=C(Nc1ccccc1C(=O)O)c1nnc(Cl)s1. The Bertz CT molecular complexity index is 614. The number of para-hydroxylation sites is 1. The predicted octanol–water partition coefficient (Wildman–Crippen LogP) is 2.14. The van der Waals surface area contributed by atoms with Crippen LogP contribution in [0, 0.1) is 0 Å². The van der Waals surface area contributed by atoms with E-state index >= 15 is 0 Å². The molecule has 0 atom stereocenters. The van der Waals surface area contributed by atoms with E-state index in [1.807, 2.05) is 0 Å². The molecule has 8 heteroatoms. The molecule has 0 aliphatic heterocycles. The number of nitrogens with zero attached hydrogens (tertiary/aromatic N) is 2. The van der Waals surface area contributed by atoms with Gasteiger partial charge >= 0.3 is 5.97 Å². The van der Waals surface area contributed by atoms with E-state index in [4.69, 9.17) is 16.7 Å². The number of halogens is 1. The molecule has 0 bridgehead atoms. The average molecular weight is 284 g/mol. The van der Waals surface area contributed by atoms with Gasteiger partial charge in [-0.25, -0.2) is 4.79 Å². The van der Waals surface area contributed by atoms with Gasteiger partial charge in [0.25, 0.3) is 5.91 Å². The number of benzene rings is 1. The van der Waals surface area contributed by atoms with Crippen LogP contribution in [0.25, 0.3) is 0 Å². The first-order chi connectivity index (χ1) is 8.58. The number of aromatic carboxylic acids is 1. The van der Waals surface area contributed by atoms with Gasteiger partial charge in [0.1, 0.15) is 0 Å². The van der Waals surface area contributed by atoms with E-state index < -0.39 is 11.9 Å². The molecular formula is C10H6ClN3O3S. The monoisotopic (exact) mass is 283 g/mol. The predicted molar refractivity (Wildman–Crippen MR) is 66.3 cm³/mol. The molecule has 1 amide bonds. The van der Waals surface area contributed by atoms with Crippen molar-refractivity contribution in [2.45, 2.75) is 0 Å². The second-order valence-corrected chi connectivity index (χ2v) is 4.72. The molecule has 0 aliphatic rings. The lowest BCUT2D eigenvalue weighted by Crippen LogP contribution is -2.14. The molecule has 0 fully saturated rings. The van der Waals surface area contributed by atoms with Gasteiger partial charge in [-0.3, -0.25) is 4.79 Å². The fraction of sp³-hybridized carbons (Fsp3) is 0. The maximum absolute atomic E-state index is 11.7. The lowest BCUT2D eigenvalue weighted by atomic mass is 10.2. The Labute approximate surface area is 110 Å². The zero-order valence-corrected chi connectivity index (χ0v) is 10.3. The lowest BCUT2D eigenvalue weighted by Gasteiger charge is -2.05. The number of anilines is 1. The van der Waals surface area contributed by atoms with E-state index in [2.05, 4.69) is 15.5 Å². The molecule has 2 N–H and O–H groups in total. The Balaban J connectivity index is 2.24. The number of amides is 1. The number of hydrogen-bond donors (Lipinski definition) is 2. The highest BCUT2D eigenvalue weighted by Gasteiger charge is 2.15. The minimum atomic E-state index is -1.12. The molecule has 2 rings (SSSR count). The van der Waals surface area contributed by atoms with Gasteiger partial charge in [0.15, 0.2) is 0 Å². The minimum Gasteiger partial charge on any atom is -0.478 e. The summed E-state index contributed by atoms with van der Waals surface area (Å²) in [4.78, 5) is 22.7. The molecular weight excluding hydrogens is 278 g/mol. The van der Waals surface area contributed by atoms with Crippen LogP contribution in [0.15, 0.2) is 24.3 Å². The highest BCUT2D eigenvalue weighted by molar-refractivity contribution is 7.17. The Hall–Kier alpha value is -1.99. The van der Waals surface area contributed by atoms with Crippen LogP contribution < -0.4 is 5.32 Å². The van der Waals surface area contributed by atoms with E-state index in [0.717, 1.165) is 11.3 Å². The first-order valence-corrected chi connectivity index (χ1v) is 5.90.